The Balaban J connectivity index is 0.000000132. The van der Waals surface area contributed by atoms with Crippen molar-refractivity contribution in [2.45, 2.75) is 32.1 Å². The van der Waals surface area contributed by atoms with Crippen LogP contribution in [0.15, 0.2) is 53.9 Å². The molecular formula is C30H24Cl2N6O2. The molecule has 2 aliphatic rings. The van der Waals surface area contributed by atoms with E-state index in [2.05, 4.69) is 20.4 Å². The molecule has 1 aliphatic carbocycles. The molecule has 0 atom stereocenters. The Morgan fingerprint density at radius 2 is 1.32 bits per heavy atom. The van der Waals surface area contributed by atoms with Crippen molar-refractivity contribution in [2.24, 2.45) is 5.16 Å². The predicted octanol–water partition coefficient (Wildman–Crippen LogP) is 6.93. The van der Waals surface area contributed by atoms with Crippen LogP contribution in [-0.4, -0.2) is 43.3 Å². The van der Waals surface area contributed by atoms with E-state index >= 15 is 0 Å². The van der Waals surface area contributed by atoms with Gasteiger partial charge in [-0.15, -0.1) is 0 Å². The molecule has 4 N–H and O–H groups in total. The van der Waals surface area contributed by atoms with E-state index in [9.17, 15) is 10.0 Å². The van der Waals surface area contributed by atoms with E-state index in [1.165, 1.54) is 0 Å². The standard InChI is InChI=1S/2C15H12ClN3O/c16-12-6-10-8(7-18-12)3-4-9-13-11(19-14(9)10)2-1-5-17-15(13)20;16-13-6-10-8(7-17-13)4-5-9-14-11(18-15(9)10)2-1-3-12(14)19-20/h3-4,6-7,18H,1-2,5H2,(H,17,20);4-7,17,20H,1-3H2/b;19-12+. The molecule has 8 rings (SSSR count). The van der Waals surface area contributed by atoms with Crippen molar-refractivity contribution in [1.82, 2.24) is 25.3 Å². The third-order valence-electron chi connectivity index (χ3n) is 7.72. The molecule has 6 aromatic rings. The maximum Gasteiger partial charge on any atom is 0.253 e. The normalized spacial score (nSPS) is 16.1. The molecular weight excluding hydrogens is 547 g/mol. The Bertz CT molecular complexity index is 2010. The first-order valence-corrected chi connectivity index (χ1v) is 14.0. The number of nitrogens with one attached hydrogen (secondary N) is 3. The topological polar surface area (TPSA) is 119 Å². The molecule has 1 amide bonds. The summed E-state index contributed by atoms with van der Waals surface area (Å²) in [6.07, 6.45) is 8.19. The number of benzene rings is 2. The molecule has 0 bridgehead atoms. The number of aromatic amines is 2. The number of pyridine rings is 2. The minimum Gasteiger partial charge on any atom is -0.411 e. The third kappa shape index (κ3) is 4.06. The van der Waals surface area contributed by atoms with E-state index in [4.69, 9.17) is 33.2 Å². The van der Waals surface area contributed by atoms with E-state index < -0.39 is 0 Å². The average Bonchev–Trinajstić information content (AvgIpc) is 3.49. The van der Waals surface area contributed by atoms with Crippen LogP contribution in [0.3, 0.4) is 0 Å². The zero-order valence-corrected chi connectivity index (χ0v) is 22.8. The number of carbonyl (C=O) groups is 1. The molecule has 200 valence electrons. The SMILES string of the molecule is O/N=C1\CCCc2nc3c(ccc4c[nH]c(Cl)cc43)c21.O=C1NCCCc2nc3c(ccc4c[nH]c(Cl)cc43)c21. The lowest BCUT2D eigenvalue weighted by atomic mass is 9.93. The van der Waals surface area contributed by atoms with E-state index in [-0.39, 0.29) is 5.91 Å². The van der Waals surface area contributed by atoms with E-state index in [0.717, 1.165) is 104 Å². The molecule has 0 saturated heterocycles. The summed E-state index contributed by atoms with van der Waals surface area (Å²) in [5.41, 5.74) is 6.18. The molecule has 8 nitrogen and oxygen atoms in total. The lowest BCUT2D eigenvalue weighted by Gasteiger charge is -2.11. The highest BCUT2D eigenvalue weighted by atomic mass is 35.5. The third-order valence-corrected chi connectivity index (χ3v) is 8.16. The van der Waals surface area contributed by atoms with Gasteiger partial charge in [0.2, 0.25) is 0 Å². The van der Waals surface area contributed by atoms with Crippen LogP contribution in [0.25, 0.3) is 43.4 Å². The number of aromatic nitrogens is 4. The summed E-state index contributed by atoms with van der Waals surface area (Å²) in [4.78, 5) is 27.6. The van der Waals surface area contributed by atoms with Crippen LogP contribution < -0.4 is 5.32 Å². The molecule has 0 fully saturated rings. The van der Waals surface area contributed by atoms with Crippen molar-refractivity contribution in [3.8, 4) is 0 Å². The van der Waals surface area contributed by atoms with Gasteiger partial charge in [-0.3, -0.25) is 14.8 Å². The Morgan fingerprint density at radius 1 is 0.750 bits per heavy atom. The molecule has 2 aromatic carbocycles. The number of aryl methyl sites for hydroxylation is 2. The van der Waals surface area contributed by atoms with Gasteiger partial charge in [0.25, 0.3) is 5.91 Å². The molecule has 5 heterocycles. The number of hydrogen-bond donors (Lipinski definition) is 4. The van der Waals surface area contributed by atoms with Gasteiger partial charge in [0.05, 0.1) is 33.7 Å². The molecule has 40 heavy (non-hydrogen) atoms. The number of rotatable bonds is 0. The van der Waals surface area contributed by atoms with Crippen LogP contribution in [0, 0.1) is 0 Å². The summed E-state index contributed by atoms with van der Waals surface area (Å²) in [5.74, 6) is -0.0204. The summed E-state index contributed by atoms with van der Waals surface area (Å²) >= 11 is 12.1. The number of amides is 1. The van der Waals surface area contributed by atoms with Crippen molar-refractivity contribution in [3.63, 3.8) is 0 Å². The fraction of sp³-hybridized carbons (Fsp3) is 0.200. The lowest BCUT2D eigenvalue weighted by Crippen LogP contribution is -2.22. The minimum atomic E-state index is -0.0204. The first-order valence-electron chi connectivity index (χ1n) is 13.2. The summed E-state index contributed by atoms with van der Waals surface area (Å²) in [5, 5.41) is 22.8. The lowest BCUT2D eigenvalue weighted by molar-refractivity contribution is 0.0957. The first kappa shape index (κ1) is 24.9. The second-order valence-electron chi connectivity index (χ2n) is 10.1. The molecule has 0 saturated carbocycles. The minimum absolute atomic E-state index is 0.0204. The number of oxime groups is 1. The molecule has 0 spiro atoms. The largest absolute Gasteiger partial charge is 0.411 e. The van der Waals surface area contributed by atoms with Gasteiger partial charge in [0.15, 0.2) is 0 Å². The van der Waals surface area contributed by atoms with Crippen molar-refractivity contribution in [2.75, 3.05) is 6.54 Å². The fourth-order valence-electron chi connectivity index (χ4n) is 5.90. The summed E-state index contributed by atoms with van der Waals surface area (Å²) in [6, 6.07) is 11.8. The predicted molar refractivity (Wildman–Crippen MR) is 159 cm³/mol. The summed E-state index contributed by atoms with van der Waals surface area (Å²) in [7, 11) is 0. The number of halogens is 2. The Labute approximate surface area is 238 Å². The van der Waals surface area contributed by atoms with Crippen molar-refractivity contribution < 1.29 is 10.0 Å². The highest BCUT2D eigenvalue weighted by Gasteiger charge is 2.24. The summed E-state index contributed by atoms with van der Waals surface area (Å²) in [6.45, 7) is 0.713. The molecule has 4 aromatic heterocycles. The maximum absolute atomic E-state index is 12.2. The molecule has 0 unspecified atom stereocenters. The van der Waals surface area contributed by atoms with Gasteiger partial charge in [0, 0.05) is 56.8 Å². The second kappa shape index (κ2) is 9.80. The van der Waals surface area contributed by atoms with Gasteiger partial charge in [-0.25, -0.2) is 0 Å². The Morgan fingerprint density at radius 3 is 1.95 bits per heavy atom. The number of fused-ring (bicyclic) bond motifs is 10. The Hall–Kier alpha value is -4.14. The summed E-state index contributed by atoms with van der Waals surface area (Å²) < 4.78 is 0. The first-order chi connectivity index (χ1) is 19.5. The Kier molecular flexibility index (Phi) is 6.09. The quantitative estimate of drug-likeness (QED) is 0.0898. The van der Waals surface area contributed by atoms with Gasteiger partial charge in [0.1, 0.15) is 10.3 Å². The van der Waals surface area contributed by atoms with Crippen LogP contribution >= 0.6 is 23.2 Å². The van der Waals surface area contributed by atoms with Gasteiger partial charge >= 0.3 is 0 Å². The zero-order chi connectivity index (χ0) is 27.4. The van der Waals surface area contributed by atoms with Gasteiger partial charge in [-0.05, 0) is 44.2 Å². The van der Waals surface area contributed by atoms with Gasteiger partial charge in [-0.1, -0.05) is 52.6 Å². The highest BCUT2D eigenvalue weighted by Crippen LogP contribution is 2.34. The highest BCUT2D eigenvalue weighted by molar-refractivity contribution is 6.31. The van der Waals surface area contributed by atoms with Gasteiger partial charge in [-0.2, -0.15) is 0 Å². The van der Waals surface area contributed by atoms with E-state index in [1.807, 2.05) is 48.8 Å². The smallest absolute Gasteiger partial charge is 0.253 e. The van der Waals surface area contributed by atoms with Crippen LogP contribution in [0.2, 0.25) is 10.3 Å². The number of carbonyl (C=O) groups excluding carboxylic acids is 1. The van der Waals surface area contributed by atoms with E-state index in [1.54, 1.807) is 0 Å². The van der Waals surface area contributed by atoms with Crippen LogP contribution in [-0.2, 0) is 12.8 Å². The fourth-order valence-corrected chi connectivity index (χ4v) is 6.23. The average molecular weight is 571 g/mol. The second-order valence-corrected chi connectivity index (χ2v) is 10.9. The number of nitrogens with zero attached hydrogens (tertiary/aromatic N) is 3. The zero-order valence-electron chi connectivity index (χ0n) is 21.3. The van der Waals surface area contributed by atoms with Crippen LogP contribution in [0.5, 0.6) is 0 Å². The molecule has 0 radical (unpaired) electrons. The molecule has 1 aliphatic heterocycles. The monoisotopic (exact) mass is 570 g/mol. The van der Waals surface area contributed by atoms with E-state index in [0.29, 0.717) is 16.9 Å². The van der Waals surface area contributed by atoms with Crippen LogP contribution in [0.4, 0.5) is 0 Å². The molecule has 10 heteroatoms. The maximum atomic E-state index is 12.2. The van der Waals surface area contributed by atoms with Crippen molar-refractivity contribution in [3.05, 3.63) is 81.6 Å². The van der Waals surface area contributed by atoms with Crippen LogP contribution in [0.1, 0.15) is 46.6 Å². The van der Waals surface area contributed by atoms with Crippen molar-refractivity contribution in [1.29, 1.82) is 0 Å². The van der Waals surface area contributed by atoms with Crippen molar-refractivity contribution >= 4 is 78.2 Å². The number of H-pyrrole nitrogens is 2. The number of hydrogen-bond acceptors (Lipinski definition) is 5. The van der Waals surface area contributed by atoms with Gasteiger partial charge < -0.3 is 20.5 Å².